The van der Waals surface area contributed by atoms with E-state index in [0.29, 0.717) is 5.75 Å². The van der Waals surface area contributed by atoms with E-state index in [4.69, 9.17) is 4.74 Å². The third-order valence-electron chi connectivity index (χ3n) is 6.53. The molecule has 0 radical (unpaired) electrons. The van der Waals surface area contributed by atoms with Crippen LogP contribution in [0.4, 0.5) is 0 Å². The van der Waals surface area contributed by atoms with E-state index in [-0.39, 0.29) is 5.97 Å². The van der Waals surface area contributed by atoms with Gasteiger partial charge in [0.25, 0.3) is 0 Å². The van der Waals surface area contributed by atoms with Crippen LogP contribution in [0.15, 0.2) is 140 Å². The Balaban J connectivity index is 1.56. The number of carbonyl (C=O) groups is 1. The number of para-hydroxylation sites is 1. The fourth-order valence-electron chi connectivity index (χ4n) is 4.41. The quantitative estimate of drug-likeness (QED) is 0.137. The number of rotatable bonds is 7. The lowest BCUT2D eigenvalue weighted by Crippen LogP contribution is -2.33. The Morgan fingerprint density at radius 1 is 0.622 bits per heavy atom. The second-order valence-electron chi connectivity index (χ2n) is 9.43. The molecule has 0 aliphatic carbocycles. The molecule has 0 amide bonds. The summed E-state index contributed by atoms with van der Waals surface area (Å²) in [5.41, 5.74) is 2.37. The third kappa shape index (κ3) is 5.40. The number of hydrogen-bond acceptors (Lipinski definition) is 2. The minimum atomic E-state index is -0.815. The lowest BCUT2D eigenvalue weighted by atomic mass is 9.83. The molecule has 5 aromatic rings. The molecule has 0 saturated carbocycles. The van der Waals surface area contributed by atoms with E-state index in [9.17, 15) is 4.79 Å². The van der Waals surface area contributed by atoms with Gasteiger partial charge in [-0.3, -0.25) is 4.79 Å². The molecule has 0 saturated heterocycles. The van der Waals surface area contributed by atoms with Crippen molar-refractivity contribution < 1.29 is 9.53 Å². The van der Waals surface area contributed by atoms with E-state index in [1.165, 1.54) is 21.5 Å². The number of benzene rings is 5. The molecular weight excluding hydrogens is 471 g/mol. The first-order valence-corrected chi connectivity index (χ1v) is 13.8. The Hall–Kier alpha value is -4.00. The summed E-state index contributed by atoms with van der Waals surface area (Å²) in [6, 6.07) is 47.6. The van der Waals surface area contributed by atoms with Crippen molar-refractivity contribution in [2.45, 2.75) is 19.3 Å². The molecule has 0 aliphatic rings. The van der Waals surface area contributed by atoms with Gasteiger partial charge in [0.15, 0.2) is 0 Å². The maximum absolute atomic E-state index is 13.2. The van der Waals surface area contributed by atoms with E-state index in [0.717, 1.165) is 11.1 Å². The molecule has 5 rings (SSSR count). The molecule has 0 aliphatic heterocycles. The van der Waals surface area contributed by atoms with E-state index >= 15 is 0 Å². The lowest BCUT2D eigenvalue weighted by molar-refractivity contribution is -0.139. The third-order valence-corrected chi connectivity index (χ3v) is 9.03. The Labute approximate surface area is 220 Å². The Kier molecular flexibility index (Phi) is 7.30. The summed E-state index contributed by atoms with van der Waals surface area (Å²) >= 11 is 0. The van der Waals surface area contributed by atoms with Gasteiger partial charge >= 0.3 is 5.97 Å². The Bertz CT molecular complexity index is 1440. The monoisotopic (exact) mass is 500 g/mol. The predicted molar refractivity (Wildman–Crippen MR) is 156 cm³/mol. The maximum atomic E-state index is 13.2. The normalized spacial score (nSPS) is 11.3. The molecular formula is C34H29O2P. The van der Waals surface area contributed by atoms with Crippen LogP contribution in [0.2, 0.25) is 0 Å². The standard InChI is InChI=1S/C34H29O2P/c1-34(2,33(35)36-28-17-6-3-7-18-28)27-16-14-15-26(25-27)31-23-12-13-24-32(31)37(29-19-8-4-9-20-29)30-21-10-5-11-22-30/h3-25H,1-2H3. The second-order valence-corrected chi connectivity index (χ2v) is 11.6. The topological polar surface area (TPSA) is 26.3 Å². The SMILES string of the molecule is CC(C)(C(=O)Oc1ccccc1)c1cccc(-c2ccccc2P(c2ccccc2)c2ccccc2)c1. The van der Waals surface area contributed by atoms with Gasteiger partial charge in [0.05, 0.1) is 5.41 Å². The average Bonchev–Trinajstić information content (AvgIpc) is 2.95. The summed E-state index contributed by atoms with van der Waals surface area (Å²) in [6.45, 7) is 3.84. The van der Waals surface area contributed by atoms with E-state index in [2.05, 4.69) is 97.1 Å². The highest BCUT2D eigenvalue weighted by atomic mass is 31.1. The van der Waals surface area contributed by atoms with Crippen LogP contribution in [0.25, 0.3) is 11.1 Å². The molecule has 0 N–H and O–H groups in total. The van der Waals surface area contributed by atoms with Crippen molar-refractivity contribution in [3.8, 4) is 16.9 Å². The van der Waals surface area contributed by atoms with Crippen LogP contribution in [-0.2, 0) is 10.2 Å². The minimum Gasteiger partial charge on any atom is -0.426 e. The van der Waals surface area contributed by atoms with Gasteiger partial charge in [0.2, 0.25) is 0 Å². The molecule has 0 heterocycles. The molecule has 0 bridgehead atoms. The van der Waals surface area contributed by atoms with Gasteiger partial charge in [-0.1, -0.05) is 127 Å². The Morgan fingerprint density at radius 3 is 1.78 bits per heavy atom. The predicted octanol–water partition coefficient (Wildman–Crippen LogP) is 7.00. The molecule has 182 valence electrons. The number of esters is 1. The molecule has 0 aromatic heterocycles. The van der Waals surface area contributed by atoms with Crippen molar-refractivity contribution in [1.29, 1.82) is 0 Å². The largest absolute Gasteiger partial charge is 0.426 e. The van der Waals surface area contributed by atoms with E-state index < -0.39 is 13.3 Å². The second kappa shape index (κ2) is 10.9. The number of hydrogen-bond donors (Lipinski definition) is 0. The molecule has 0 atom stereocenters. The van der Waals surface area contributed by atoms with E-state index in [1.54, 1.807) is 12.1 Å². The first kappa shape index (κ1) is 24.7. The van der Waals surface area contributed by atoms with Crippen molar-refractivity contribution in [1.82, 2.24) is 0 Å². The van der Waals surface area contributed by atoms with Crippen LogP contribution >= 0.6 is 7.92 Å². The molecule has 0 spiro atoms. The maximum Gasteiger partial charge on any atom is 0.321 e. The van der Waals surface area contributed by atoms with Gasteiger partial charge in [-0.2, -0.15) is 0 Å². The first-order valence-electron chi connectivity index (χ1n) is 12.4. The highest BCUT2D eigenvalue weighted by molar-refractivity contribution is 7.80. The van der Waals surface area contributed by atoms with Crippen molar-refractivity contribution in [3.63, 3.8) is 0 Å². The summed E-state index contributed by atoms with van der Waals surface area (Å²) < 4.78 is 5.72. The van der Waals surface area contributed by atoms with Gasteiger partial charge in [0, 0.05) is 0 Å². The summed E-state index contributed by atoms with van der Waals surface area (Å²) in [7, 11) is -0.766. The number of carbonyl (C=O) groups excluding carboxylic acids is 1. The summed E-state index contributed by atoms with van der Waals surface area (Å²) in [6.07, 6.45) is 0. The van der Waals surface area contributed by atoms with Gasteiger partial charge < -0.3 is 4.74 Å². The molecule has 0 unspecified atom stereocenters. The van der Waals surface area contributed by atoms with Crippen LogP contribution in [0.5, 0.6) is 5.75 Å². The molecule has 0 fully saturated rings. The highest BCUT2D eigenvalue weighted by Crippen LogP contribution is 2.38. The van der Waals surface area contributed by atoms with Crippen LogP contribution in [0.3, 0.4) is 0 Å². The number of ether oxygens (including phenoxy) is 1. The molecule has 37 heavy (non-hydrogen) atoms. The zero-order chi connectivity index (χ0) is 25.7. The molecule has 3 heteroatoms. The Morgan fingerprint density at radius 2 is 1.16 bits per heavy atom. The fraction of sp³-hybridized carbons (Fsp3) is 0.0882. The summed E-state index contributed by atoms with van der Waals surface area (Å²) in [5.74, 6) is 0.276. The van der Waals surface area contributed by atoms with Crippen molar-refractivity contribution in [3.05, 3.63) is 145 Å². The van der Waals surface area contributed by atoms with Crippen molar-refractivity contribution in [2.75, 3.05) is 0 Å². The van der Waals surface area contributed by atoms with Crippen LogP contribution in [-0.4, -0.2) is 5.97 Å². The zero-order valence-electron chi connectivity index (χ0n) is 21.0. The zero-order valence-corrected chi connectivity index (χ0v) is 21.9. The lowest BCUT2D eigenvalue weighted by Gasteiger charge is -2.25. The van der Waals surface area contributed by atoms with Gasteiger partial charge in [-0.25, -0.2) is 0 Å². The van der Waals surface area contributed by atoms with Crippen molar-refractivity contribution >= 4 is 29.8 Å². The fourth-order valence-corrected chi connectivity index (χ4v) is 6.89. The average molecular weight is 501 g/mol. The van der Waals surface area contributed by atoms with E-state index in [1.807, 2.05) is 44.2 Å². The van der Waals surface area contributed by atoms with Crippen LogP contribution in [0, 0.1) is 0 Å². The molecule has 2 nitrogen and oxygen atoms in total. The summed E-state index contributed by atoms with van der Waals surface area (Å²) in [4.78, 5) is 13.2. The first-order chi connectivity index (χ1) is 18.0. The van der Waals surface area contributed by atoms with Crippen LogP contribution < -0.4 is 20.7 Å². The van der Waals surface area contributed by atoms with Gasteiger partial charge in [-0.05, 0) is 66.5 Å². The smallest absolute Gasteiger partial charge is 0.321 e. The summed E-state index contributed by atoms with van der Waals surface area (Å²) in [5, 5.41) is 3.90. The van der Waals surface area contributed by atoms with Crippen LogP contribution in [0.1, 0.15) is 19.4 Å². The minimum absolute atomic E-state index is 0.278. The highest BCUT2D eigenvalue weighted by Gasteiger charge is 2.32. The molecule has 5 aromatic carbocycles. The van der Waals surface area contributed by atoms with Gasteiger partial charge in [-0.15, -0.1) is 0 Å². The van der Waals surface area contributed by atoms with Crippen molar-refractivity contribution in [2.24, 2.45) is 0 Å². The van der Waals surface area contributed by atoms with Gasteiger partial charge in [0.1, 0.15) is 5.75 Å².